The van der Waals surface area contributed by atoms with Gasteiger partial charge in [-0.25, -0.2) is 0 Å². The van der Waals surface area contributed by atoms with Crippen molar-refractivity contribution in [3.8, 4) is 0 Å². The zero-order valence-corrected chi connectivity index (χ0v) is 10.9. The minimum absolute atomic E-state index is 0.0164. The van der Waals surface area contributed by atoms with E-state index < -0.39 is 0 Å². The van der Waals surface area contributed by atoms with Gasteiger partial charge in [-0.3, -0.25) is 4.79 Å². The first-order valence-corrected chi connectivity index (χ1v) is 6.97. The van der Waals surface area contributed by atoms with E-state index in [1.165, 1.54) is 10.5 Å². The lowest BCUT2D eigenvalue weighted by molar-refractivity contribution is -0.132. The number of benzene rings is 1. The third kappa shape index (κ3) is 2.48. The zero-order valence-electron chi connectivity index (χ0n) is 10.1. The average molecular weight is 250 g/mol. The minimum Gasteiger partial charge on any atom is -0.341 e. The number of carbonyl (C=O) groups excluding carboxylic acids is 1. The van der Waals surface area contributed by atoms with Gasteiger partial charge in [0.1, 0.15) is 0 Å². The second-order valence-corrected chi connectivity index (χ2v) is 5.17. The lowest BCUT2D eigenvalue weighted by Gasteiger charge is -2.23. The van der Waals surface area contributed by atoms with Crippen LogP contribution in [0.3, 0.4) is 0 Å². The molecule has 0 bridgehead atoms. The van der Waals surface area contributed by atoms with Gasteiger partial charge in [0, 0.05) is 30.3 Å². The fourth-order valence-corrected chi connectivity index (χ4v) is 3.39. The van der Waals surface area contributed by atoms with Crippen LogP contribution in [0, 0.1) is 0 Å². The molecule has 0 radical (unpaired) electrons. The van der Waals surface area contributed by atoms with Crippen molar-refractivity contribution in [1.29, 1.82) is 0 Å². The SMILES string of the molecule is CCN(CCN)C(=O)C1CSc2ccccc21. The Morgan fingerprint density at radius 3 is 3.00 bits per heavy atom. The summed E-state index contributed by atoms with van der Waals surface area (Å²) in [6, 6.07) is 8.18. The maximum Gasteiger partial charge on any atom is 0.231 e. The second-order valence-electron chi connectivity index (χ2n) is 4.11. The minimum atomic E-state index is 0.0164. The highest BCUT2D eigenvalue weighted by molar-refractivity contribution is 7.99. The fraction of sp³-hybridized carbons (Fsp3) is 0.462. The van der Waals surface area contributed by atoms with E-state index >= 15 is 0 Å². The van der Waals surface area contributed by atoms with E-state index in [4.69, 9.17) is 5.73 Å². The fourth-order valence-electron chi connectivity index (χ4n) is 2.17. The van der Waals surface area contributed by atoms with E-state index in [0.717, 1.165) is 12.3 Å². The maximum absolute atomic E-state index is 12.4. The van der Waals surface area contributed by atoms with Gasteiger partial charge in [-0.1, -0.05) is 18.2 Å². The Bertz CT molecular complexity index is 408. The van der Waals surface area contributed by atoms with E-state index in [-0.39, 0.29) is 11.8 Å². The molecular weight excluding hydrogens is 232 g/mol. The number of nitrogens with two attached hydrogens (primary N) is 1. The largest absolute Gasteiger partial charge is 0.341 e. The molecule has 0 fully saturated rings. The molecule has 17 heavy (non-hydrogen) atoms. The van der Waals surface area contributed by atoms with Crippen molar-refractivity contribution >= 4 is 17.7 Å². The molecule has 2 rings (SSSR count). The zero-order chi connectivity index (χ0) is 12.3. The van der Waals surface area contributed by atoms with Crippen molar-refractivity contribution in [2.75, 3.05) is 25.4 Å². The Kier molecular flexibility index (Phi) is 4.07. The van der Waals surface area contributed by atoms with E-state index in [0.29, 0.717) is 13.1 Å². The quantitative estimate of drug-likeness (QED) is 0.884. The van der Waals surface area contributed by atoms with Crippen LogP contribution in [0.15, 0.2) is 29.2 Å². The molecule has 92 valence electrons. The maximum atomic E-state index is 12.4. The lowest BCUT2D eigenvalue weighted by atomic mass is 10.00. The molecule has 0 saturated heterocycles. The summed E-state index contributed by atoms with van der Waals surface area (Å²) in [4.78, 5) is 15.5. The number of carbonyl (C=O) groups is 1. The number of hydrogen-bond donors (Lipinski definition) is 1. The summed E-state index contributed by atoms with van der Waals surface area (Å²) in [6.07, 6.45) is 0. The van der Waals surface area contributed by atoms with Crippen molar-refractivity contribution in [1.82, 2.24) is 4.90 Å². The normalized spacial score (nSPS) is 17.9. The Labute approximate surface area is 106 Å². The molecule has 4 heteroatoms. The van der Waals surface area contributed by atoms with Crippen LogP contribution in [0.25, 0.3) is 0 Å². The molecule has 0 aromatic heterocycles. The first kappa shape index (κ1) is 12.5. The summed E-state index contributed by atoms with van der Waals surface area (Å²) in [5.74, 6) is 1.09. The first-order valence-electron chi connectivity index (χ1n) is 5.98. The molecule has 2 N–H and O–H groups in total. The van der Waals surface area contributed by atoms with Crippen molar-refractivity contribution in [2.24, 2.45) is 5.73 Å². The van der Waals surface area contributed by atoms with Gasteiger partial charge in [0.2, 0.25) is 5.91 Å². The predicted molar refractivity (Wildman–Crippen MR) is 71.2 cm³/mol. The van der Waals surface area contributed by atoms with Gasteiger partial charge in [0.25, 0.3) is 0 Å². The Morgan fingerprint density at radius 2 is 2.29 bits per heavy atom. The Balaban J connectivity index is 2.16. The Hall–Kier alpha value is -1.00. The molecule has 0 aliphatic carbocycles. The van der Waals surface area contributed by atoms with E-state index in [2.05, 4.69) is 12.1 Å². The highest BCUT2D eigenvalue weighted by Crippen LogP contribution is 2.40. The number of thioether (sulfide) groups is 1. The summed E-state index contributed by atoms with van der Waals surface area (Å²) < 4.78 is 0. The van der Waals surface area contributed by atoms with Crippen LogP contribution in [0.4, 0.5) is 0 Å². The highest BCUT2D eigenvalue weighted by Gasteiger charge is 2.31. The van der Waals surface area contributed by atoms with Gasteiger partial charge in [0.05, 0.1) is 5.92 Å². The summed E-state index contributed by atoms with van der Waals surface area (Å²) >= 11 is 1.77. The topological polar surface area (TPSA) is 46.3 Å². The molecule has 1 heterocycles. The van der Waals surface area contributed by atoms with E-state index in [9.17, 15) is 4.79 Å². The van der Waals surface area contributed by atoms with Crippen LogP contribution in [-0.2, 0) is 4.79 Å². The predicted octanol–water partition coefficient (Wildman–Crippen LogP) is 1.68. The molecule has 1 unspecified atom stereocenters. The van der Waals surface area contributed by atoms with Gasteiger partial charge in [-0.05, 0) is 18.6 Å². The molecule has 0 spiro atoms. The van der Waals surface area contributed by atoms with Gasteiger partial charge in [-0.15, -0.1) is 11.8 Å². The Morgan fingerprint density at radius 1 is 1.53 bits per heavy atom. The number of hydrogen-bond acceptors (Lipinski definition) is 3. The number of nitrogens with zero attached hydrogens (tertiary/aromatic N) is 1. The van der Waals surface area contributed by atoms with Crippen molar-refractivity contribution in [2.45, 2.75) is 17.7 Å². The van der Waals surface area contributed by atoms with Crippen molar-refractivity contribution in [3.63, 3.8) is 0 Å². The molecule has 3 nitrogen and oxygen atoms in total. The standard InChI is InChI=1S/C13H18N2OS/c1-2-15(8-7-14)13(16)11-9-17-12-6-4-3-5-10(11)12/h3-6,11H,2,7-9,14H2,1H3. The van der Waals surface area contributed by atoms with Crippen LogP contribution >= 0.6 is 11.8 Å². The molecule has 1 amide bonds. The number of likely N-dealkylation sites (N-methyl/N-ethyl adjacent to an activating group) is 1. The van der Waals surface area contributed by atoms with Crippen LogP contribution in [0.2, 0.25) is 0 Å². The van der Waals surface area contributed by atoms with Gasteiger partial charge in [0.15, 0.2) is 0 Å². The van der Waals surface area contributed by atoms with Crippen LogP contribution < -0.4 is 5.73 Å². The van der Waals surface area contributed by atoms with Crippen LogP contribution in [0.5, 0.6) is 0 Å². The molecule has 1 aromatic carbocycles. The first-order chi connectivity index (χ1) is 8.27. The summed E-state index contributed by atoms with van der Waals surface area (Å²) in [5.41, 5.74) is 6.72. The molecule has 1 aliphatic heterocycles. The van der Waals surface area contributed by atoms with E-state index in [1.807, 2.05) is 24.0 Å². The third-order valence-electron chi connectivity index (χ3n) is 3.09. The molecule has 0 saturated carbocycles. The van der Waals surface area contributed by atoms with Gasteiger partial charge < -0.3 is 10.6 Å². The smallest absolute Gasteiger partial charge is 0.231 e. The number of amides is 1. The summed E-state index contributed by atoms with van der Waals surface area (Å²) in [7, 11) is 0. The van der Waals surface area contributed by atoms with E-state index in [1.54, 1.807) is 11.8 Å². The second kappa shape index (κ2) is 5.56. The van der Waals surface area contributed by atoms with Gasteiger partial charge >= 0.3 is 0 Å². The third-order valence-corrected chi connectivity index (χ3v) is 4.27. The summed E-state index contributed by atoms with van der Waals surface area (Å²) in [6.45, 7) is 3.92. The molecule has 1 atom stereocenters. The lowest BCUT2D eigenvalue weighted by Crippen LogP contribution is -2.38. The summed E-state index contributed by atoms with van der Waals surface area (Å²) in [5, 5.41) is 0. The highest BCUT2D eigenvalue weighted by atomic mass is 32.2. The molecule has 1 aromatic rings. The van der Waals surface area contributed by atoms with Gasteiger partial charge in [-0.2, -0.15) is 0 Å². The average Bonchev–Trinajstić information content (AvgIpc) is 2.79. The molecular formula is C13H18N2OS. The molecule has 1 aliphatic rings. The van der Waals surface area contributed by atoms with Crippen molar-refractivity contribution in [3.05, 3.63) is 29.8 Å². The van der Waals surface area contributed by atoms with Crippen molar-refractivity contribution < 1.29 is 4.79 Å². The van der Waals surface area contributed by atoms with Crippen LogP contribution in [0.1, 0.15) is 18.4 Å². The number of rotatable bonds is 4. The number of fused-ring (bicyclic) bond motifs is 1. The monoisotopic (exact) mass is 250 g/mol. The van der Waals surface area contributed by atoms with Crippen LogP contribution in [-0.4, -0.2) is 36.2 Å².